The first-order valence-corrected chi connectivity index (χ1v) is 7.12. The van der Waals surface area contributed by atoms with E-state index in [1.165, 1.54) is 24.2 Å². The molecule has 1 N–H and O–H groups in total. The van der Waals surface area contributed by atoms with Crippen LogP contribution in [0.1, 0.15) is 17.7 Å². The van der Waals surface area contributed by atoms with Crippen molar-refractivity contribution in [2.75, 3.05) is 0 Å². The predicted molar refractivity (Wildman–Crippen MR) is 73.5 cm³/mol. The summed E-state index contributed by atoms with van der Waals surface area (Å²) in [5, 5.41) is 4.56. The Morgan fingerprint density at radius 2 is 2.11 bits per heavy atom. The minimum atomic E-state index is 0.541. The minimum Gasteiger partial charge on any atom is -0.431 e. The van der Waals surface area contributed by atoms with Gasteiger partial charge in [-0.3, -0.25) is 0 Å². The number of thiazole rings is 1. The molecule has 1 saturated carbocycles. The van der Waals surface area contributed by atoms with Gasteiger partial charge in [0.25, 0.3) is 5.19 Å². The third-order valence-corrected chi connectivity index (χ3v) is 4.07. The maximum atomic E-state index is 6.09. The zero-order chi connectivity index (χ0) is 12.4. The molecule has 0 saturated heterocycles. The Morgan fingerprint density at radius 1 is 1.33 bits per heavy atom. The van der Waals surface area contributed by atoms with Crippen LogP contribution in [0.2, 0.25) is 5.15 Å². The highest BCUT2D eigenvalue weighted by atomic mass is 35.5. The van der Waals surface area contributed by atoms with E-state index in [2.05, 4.69) is 10.3 Å². The van der Waals surface area contributed by atoms with E-state index in [1.807, 2.05) is 30.3 Å². The number of rotatable bonds is 5. The molecule has 0 aliphatic heterocycles. The summed E-state index contributed by atoms with van der Waals surface area (Å²) in [5.74, 6) is 0.782. The first kappa shape index (κ1) is 12.0. The summed E-state index contributed by atoms with van der Waals surface area (Å²) in [5.41, 5.74) is 0. The Hall–Kier alpha value is -1.10. The quantitative estimate of drug-likeness (QED) is 0.903. The molecule has 0 unspecified atom stereocenters. The van der Waals surface area contributed by atoms with Crippen LogP contribution < -0.4 is 10.1 Å². The highest BCUT2D eigenvalue weighted by Gasteiger charge is 2.21. The van der Waals surface area contributed by atoms with Gasteiger partial charge in [-0.05, 0) is 25.0 Å². The van der Waals surface area contributed by atoms with Crippen molar-refractivity contribution < 1.29 is 4.74 Å². The van der Waals surface area contributed by atoms with E-state index in [9.17, 15) is 0 Å². The smallest absolute Gasteiger partial charge is 0.280 e. The van der Waals surface area contributed by atoms with Crippen LogP contribution in [-0.2, 0) is 6.54 Å². The number of benzene rings is 1. The normalized spacial score (nSPS) is 14.7. The monoisotopic (exact) mass is 280 g/mol. The van der Waals surface area contributed by atoms with E-state index < -0.39 is 0 Å². The summed E-state index contributed by atoms with van der Waals surface area (Å²) < 4.78 is 5.66. The standard InChI is InChI=1S/C13H13ClN2OS/c14-12-11(8-15-9-6-7-9)18-13(16-12)17-10-4-2-1-3-5-10/h1-5,9,15H,6-8H2. The second kappa shape index (κ2) is 5.26. The number of hydrogen-bond donors (Lipinski definition) is 1. The molecule has 1 fully saturated rings. The largest absolute Gasteiger partial charge is 0.431 e. The average molecular weight is 281 g/mol. The Kier molecular flexibility index (Phi) is 3.50. The second-order valence-electron chi connectivity index (χ2n) is 4.26. The van der Waals surface area contributed by atoms with E-state index in [0.717, 1.165) is 17.2 Å². The van der Waals surface area contributed by atoms with Crippen molar-refractivity contribution in [2.45, 2.75) is 25.4 Å². The van der Waals surface area contributed by atoms with Crippen molar-refractivity contribution in [2.24, 2.45) is 0 Å². The Bertz CT molecular complexity index is 525. The molecule has 0 amide bonds. The molecule has 5 heteroatoms. The maximum absolute atomic E-state index is 6.09. The van der Waals surface area contributed by atoms with Gasteiger partial charge in [-0.15, -0.1) is 0 Å². The van der Waals surface area contributed by atoms with Gasteiger partial charge < -0.3 is 10.1 Å². The van der Waals surface area contributed by atoms with Crippen LogP contribution in [-0.4, -0.2) is 11.0 Å². The summed E-state index contributed by atoms with van der Waals surface area (Å²) in [6.45, 7) is 0.777. The third-order valence-electron chi connectivity index (χ3n) is 2.71. The molecule has 2 aromatic rings. The number of aromatic nitrogens is 1. The van der Waals surface area contributed by atoms with Crippen LogP contribution in [0.5, 0.6) is 10.9 Å². The van der Waals surface area contributed by atoms with Gasteiger partial charge in [-0.25, -0.2) is 0 Å². The minimum absolute atomic E-state index is 0.541. The molecular formula is C13H13ClN2OS. The van der Waals surface area contributed by atoms with Crippen molar-refractivity contribution in [3.8, 4) is 10.9 Å². The van der Waals surface area contributed by atoms with Gasteiger partial charge in [0.1, 0.15) is 10.9 Å². The van der Waals surface area contributed by atoms with Crippen LogP contribution in [0.3, 0.4) is 0 Å². The average Bonchev–Trinajstić information content (AvgIpc) is 3.14. The summed E-state index contributed by atoms with van der Waals surface area (Å²) in [6, 6.07) is 10.3. The fourth-order valence-electron chi connectivity index (χ4n) is 1.58. The molecule has 0 bridgehead atoms. The molecule has 3 rings (SSSR count). The lowest BCUT2D eigenvalue weighted by molar-refractivity contribution is 0.479. The van der Waals surface area contributed by atoms with E-state index in [0.29, 0.717) is 16.4 Å². The zero-order valence-electron chi connectivity index (χ0n) is 9.73. The SMILES string of the molecule is Clc1nc(Oc2ccccc2)sc1CNC1CC1. The highest BCUT2D eigenvalue weighted by Crippen LogP contribution is 2.32. The number of hydrogen-bond acceptors (Lipinski definition) is 4. The fraction of sp³-hybridized carbons (Fsp3) is 0.308. The lowest BCUT2D eigenvalue weighted by Gasteiger charge is -1.99. The molecule has 3 nitrogen and oxygen atoms in total. The van der Waals surface area contributed by atoms with Gasteiger partial charge >= 0.3 is 0 Å². The molecule has 94 valence electrons. The molecule has 0 spiro atoms. The number of ether oxygens (including phenoxy) is 1. The molecule has 1 heterocycles. The van der Waals surface area contributed by atoms with E-state index in [4.69, 9.17) is 16.3 Å². The summed E-state index contributed by atoms with van der Waals surface area (Å²) >= 11 is 7.59. The summed E-state index contributed by atoms with van der Waals surface area (Å²) in [7, 11) is 0. The van der Waals surface area contributed by atoms with Crippen molar-refractivity contribution in [3.05, 3.63) is 40.4 Å². The molecule has 1 aliphatic carbocycles. The Labute approximate surface area is 115 Å². The number of para-hydroxylation sites is 1. The highest BCUT2D eigenvalue weighted by molar-refractivity contribution is 7.14. The fourth-order valence-corrected chi connectivity index (χ4v) is 2.66. The van der Waals surface area contributed by atoms with Crippen LogP contribution in [0.4, 0.5) is 0 Å². The number of halogens is 1. The summed E-state index contributed by atoms with van der Waals surface area (Å²) in [6.07, 6.45) is 2.54. The van der Waals surface area contributed by atoms with Crippen molar-refractivity contribution in [1.82, 2.24) is 10.3 Å². The van der Waals surface area contributed by atoms with Crippen LogP contribution in [0.25, 0.3) is 0 Å². The zero-order valence-corrected chi connectivity index (χ0v) is 11.3. The van der Waals surface area contributed by atoms with Crippen LogP contribution in [0.15, 0.2) is 30.3 Å². The maximum Gasteiger partial charge on any atom is 0.280 e. The number of nitrogens with zero attached hydrogens (tertiary/aromatic N) is 1. The van der Waals surface area contributed by atoms with Gasteiger partial charge in [0, 0.05) is 12.6 Å². The molecule has 0 radical (unpaired) electrons. The molecule has 1 aromatic heterocycles. The lowest BCUT2D eigenvalue weighted by Crippen LogP contribution is -2.14. The van der Waals surface area contributed by atoms with Crippen molar-refractivity contribution in [1.29, 1.82) is 0 Å². The van der Waals surface area contributed by atoms with Gasteiger partial charge in [-0.1, -0.05) is 41.1 Å². The van der Waals surface area contributed by atoms with E-state index in [1.54, 1.807) is 0 Å². The van der Waals surface area contributed by atoms with Crippen molar-refractivity contribution >= 4 is 22.9 Å². The molecule has 1 aliphatic rings. The first-order chi connectivity index (χ1) is 8.81. The third kappa shape index (κ3) is 3.02. The van der Waals surface area contributed by atoms with E-state index in [-0.39, 0.29) is 0 Å². The van der Waals surface area contributed by atoms with Gasteiger partial charge in [0.2, 0.25) is 0 Å². The van der Waals surface area contributed by atoms with Crippen LogP contribution in [0, 0.1) is 0 Å². The van der Waals surface area contributed by atoms with Crippen molar-refractivity contribution in [3.63, 3.8) is 0 Å². The number of nitrogens with one attached hydrogen (secondary N) is 1. The molecule has 0 atom stereocenters. The van der Waals surface area contributed by atoms with Gasteiger partial charge in [0.15, 0.2) is 0 Å². The van der Waals surface area contributed by atoms with Crippen LogP contribution >= 0.6 is 22.9 Å². The predicted octanol–water partition coefficient (Wildman–Crippen LogP) is 3.84. The lowest BCUT2D eigenvalue weighted by atomic mass is 10.3. The van der Waals surface area contributed by atoms with Gasteiger partial charge in [-0.2, -0.15) is 4.98 Å². The summed E-state index contributed by atoms with van der Waals surface area (Å²) in [4.78, 5) is 5.26. The molecule has 1 aromatic carbocycles. The van der Waals surface area contributed by atoms with E-state index >= 15 is 0 Å². The molecule has 18 heavy (non-hydrogen) atoms. The Balaban J connectivity index is 1.67. The van der Waals surface area contributed by atoms with Gasteiger partial charge in [0.05, 0.1) is 4.88 Å². The topological polar surface area (TPSA) is 34.1 Å². The first-order valence-electron chi connectivity index (χ1n) is 5.93. The second-order valence-corrected chi connectivity index (χ2v) is 5.67. The molecular weight excluding hydrogens is 268 g/mol. The Morgan fingerprint density at radius 3 is 2.83 bits per heavy atom.